The van der Waals surface area contributed by atoms with Gasteiger partial charge in [-0.2, -0.15) is 0 Å². The molecule has 0 saturated carbocycles. The highest BCUT2D eigenvalue weighted by Gasteiger charge is 2.15. The van der Waals surface area contributed by atoms with E-state index >= 15 is 0 Å². The van der Waals surface area contributed by atoms with Crippen molar-refractivity contribution in [3.63, 3.8) is 0 Å². The van der Waals surface area contributed by atoms with Gasteiger partial charge < -0.3 is 5.73 Å². The van der Waals surface area contributed by atoms with Crippen molar-refractivity contribution in [3.8, 4) is 0 Å². The summed E-state index contributed by atoms with van der Waals surface area (Å²) in [5.74, 6) is 0. The smallest absolute Gasteiger partial charge is 0.00226 e. The normalized spacial score (nSPS) is 11.6. The molecule has 1 heteroatoms. The van der Waals surface area contributed by atoms with Gasteiger partial charge in [0.25, 0.3) is 0 Å². The molecule has 1 aromatic carbocycles. The summed E-state index contributed by atoms with van der Waals surface area (Å²) in [6, 6.07) is 10.5. The van der Waals surface area contributed by atoms with E-state index in [2.05, 4.69) is 38.1 Å². The molecule has 12 heavy (non-hydrogen) atoms. The molecule has 0 aliphatic rings. The van der Waals surface area contributed by atoms with Gasteiger partial charge in [0.05, 0.1) is 0 Å². The van der Waals surface area contributed by atoms with Crippen LogP contribution in [0.25, 0.3) is 0 Å². The largest absolute Gasteiger partial charge is 0.330 e. The summed E-state index contributed by atoms with van der Waals surface area (Å²) in [4.78, 5) is 0. The predicted molar refractivity (Wildman–Crippen MR) is 53.0 cm³/mol. The molecule has 0 amide bonds. The molecular formula is C11H17N. The maximum Gasteiger partial charge on any atom is -0.00226 e. The molecule has 0 aromatic heterocycles. The molecule has 0 aliphatic carbocycles. The maximum absolute atomic E-state index is 5.65. The quantitative estimate of drug-likeness (QED) is 0.726. The topological polar surface area (TPSA) is 26.0 Å². The van der Waals surface area contributed by atoms with Crippen LogP contribution in [0.2, 0.25) is 0 Å². The van der Waals surface area contributed by atoms with Crippen LogP contribution in [0.5, 0.6) is 0 Å². The van der Waals surface area contributed by atoms with E-state index in [0.717, 1.165) is 13.0 Å². The first-order chi connectivity index (χ1) is 5.64. The summed E-state index contributed by atoms with van der Waals surface area (Å²) in [5, 5.41) is 0. The van der Waals surface area contributed by atoms with Crippen molar-refractivity contribution in [1.82, 2.24) is 0 Å². The zero-order chi connectivity index (χ0) is 9.03. The molecule has 0 fully saturated rings. The van der Waals surface area contributed by atoms with Gasteiger partial charge in [0.2, 0.25) is 0 Å². The molecule has 1 aromatic rings. The fourth-order valence-corrected chi connectivity index (χ4v) is 1.22. The van der Waals surface area contributed by atoms with E-state index in [0.29, 0.717) is 0 Å². The van der Waals surface area contributed by atoms with Crippen LogP contribution < -0.4 is 5.73 Å². The molecular weight excluding hydrogens is 146 g/mol. The van der Waals surface area contributed by atoms with E-state index in [9.17, 15) is 0 Å². The molecule has 0 unspecified atom stereocenters. The van der Waals surface area contributed by atoms with Gasteiger partial charge in [-0.05, 0) is 23.9 Å². The Balaban J connectivity index is 2.64. The Kier molecular flexibility index (Phi) is 2.88. The highest BCUT2D eigenvalue weighted by Crippen LogP contribution is 2.19. The molecule has 0 bridgehead atoms. The SMILES string of the molecule is CC(C)(CN)Cc1ccccc1. The fraction of sp³-hybridized carbons (Fsp3) is 0.455. The van der Waals surface area contributed by atoms with Gasteiger partial charge in [0.1, 0.15) is 0 Å². The molecule has 0 atom stereocenters. The van der Waals surface area contributed by atoms with Crippen molar-refractivity contribution in [1.29, 1.82) is 0 Å². The number of rotatable bonds is 3. The summed E-state index contributed by atoms with van der Waals surface area (Å²) in [6.45, 7) is 5.13. The highest BCUT2D eigenvalue weighted by atomic mass is 14.6. The third-order valence-electron chi connectivity index (χ3n) is 2.08. The first-order valence-electron chi connectivity index (χ1n) is 4.38. The van der Waals surface area contributed by atoms with Gasteiger partial charge in [0, 0.05) is 0 Å². The minimum atomic E-state index is 0.224. The Morgan fingerprint density at radius 2 is 1.75 bits per heavy atom. The Morgan fingerprint density at radius 1 is 1.17 bits per heavy atom. The second-order valence-corrected chi connectivity index (χ2v) is 4.03. The molecule has 0 saturated heterocycles. The number of hydrogen-bond donors (Lipinski definition) is 1. The van der Waals surface area contributed by atoms with Gasteiger partial charge in [-0.1, -0.05) is 44.2 Å². The predicted octanol–water partition coefficient (Wildman–Crippen LogP) is 2.21. The molecule has 0 heterocycles. The molecule has 1 rings (SSSR count). The van der Waals surface area contributed by atoms with Crippen LogP contribution in [0.4, 0.5) is 0 Å². The second-order valence-electron chi connectivity index (χ2n) is 4.03. The monoisotopic (exact) mass is 163 g/mol. The standard InChI is InChI=1S/C11H17N/c1-11(2,9-12)8-10-6-4-3-5-7-10/h3-7H,8-9,12H2,1-2H3. The van der Waals surface area contributed by atoms with Crippen molar-refractivity contribution >= 4 is 0 Å². The van der Waals surface area contributed by atoms with E-state index in [-0.39, 0.29) is 5.41 Å². The Labute approximate surface area is 74.6 Å². The summed E-state index contributed by atoms with van der Waals surface area (Å²) in [7, 11) is 0. The Bertz CT molecular complexity index is 226. The lowest BCUT2D eigenvalue weighted by atomic mass is 9.86. The van der Waals surface area contributed by atoms with E-state index in [1.54, 1.807) is 0 Å². The molecule has 2 N–H and O–H groups in total. The van der Waals surface area contributed by atoms with Crippen molar-refractivity contribution in [3.05, 3.63) is 35.9 Å². The third-order valence-corrected chi connectivity index (χ3v) is 2.08. The average molecular weight is 163 g/mol. The molecule has 0 radical (unpaired) electrons. The Hall–Kier alpha value is -0.820. The zero-order valence-corrected chi connectivity index (χ0v) is 7.88. The minimum absolute atomic E-state index is 0.224. The third kappa shape index (κ3) is 2.67. The average Bonchev–Trinajstić information content (AvgIpc) is 2.06. The van der Waals surface area contributed by atoms with Gasteiger partial charge in [-0.15, -0.1) is 0 Å². The van der Waals surface area contributed by atoms with Crippen LogP contribution in [0, 0.1) is 5.41 Å². The number of nitrogens with two attached hydrogens (primary N) is 1. The van der Waals surface area contributed by atoms with Crippen LogP contribution in [0.3, 0.4) is 0 Å². The lowest BCUT2D eigenvalue weighted by molar-refractivity contribution is 0.377. The van der Waals surface area contributed by atoms with Crippen LogP contribution in [0.1, 0.15) is 19.4 Å². The van der Waals surface area contributed by atoms with Gasteiger partial charge in [-0.25, -0.2) is 0 Å². The van der Waals surface area contributed by atoms with Crippen molar-refractivity contribution in [2.45, 2.75) is 20.3 Å². The fourth-order valence-electron chi connectivity index (χ4n) is 1.22. The van der Waals surface area contributed by atoms with E-state index in [4.69, 9.17) is 5.73 Å². The second kappa shape index (κ2) is 3.72. The van der Waals surface area contributed by atoms with Crippen molar-refractivity contribution < 1.29 is 0 Å². The first kappa shape index (κ1) is 9.27. The number of benzene rings is 1. The molecule has 0 aliphatic heterocycles. The van der Waals surface area contributed by atoms with Crippen LogP contribution in [0.15, 0.2) is 30.3 Å². The van der Waals surface area contributed by atoms with Crippen molar-refractivity contribution in [2.24, 2.45) is 11.1 Å². The maximum atomic E-state index is 5.65. The summed E-state index contributed by atoms with van der Waals surface area (Å²) >= 11 is 0. The van der Waals surface area contributed by atoms with E-state index in [1.807, 2.05) is 6.07 Å². The first-order valence-corrected chi connectivity index (χ1v) is 4.38. The van der Waals surface area contributed by atoms with Gasteiger partial charge in [-0.3, -0.25) is 0 Å². The van der Waals surface area contributed by atoms with Gasteiger partial charge >= 0.3 is 0 Å². The summed E-state index contributed by atoms with van der Waals surface area (Å²) in [6.07, 6.45) is 1.06. The van der Waals surface area contributed by atoms with E-state index in [1.165, 1.54) is 5.56 Å². The van der Waals surface area contributed by atoms with Crippen LogP contribution >= 0.6 is 0 Å². The van der Waals surface area contributed by atoms with Gasteiger partial charge in [0.15, 0.2) is 0 Å². The van der Waals surface area contributed by atoms with Crippen molar-refractivity contribution in [2.75, 3.05) is 6.54 Å². The minimum Gasteiger partial charge on any atom is -0.330 e. The highest BCUT2D eigenvalue weighted by molar-refractivity contribution is 5.16. The molecule has 1 nitrogen and oxygen atoms in total. The summed E-state index contributed by atoms with van der Waals surface area (Å²) in [5.41, 5.74) is 7.25. The Morgan fingerprint density at radius 3 is 2.25 bits per heavy atom. The molecule has 66 valence electrons. The van der Waals surface area contributed by atoms with E-state index < -0.39 is 0 Å². The lowest BCUT2D eigenvalue weighted by Crippen LogP contribution is -2.25. The molecule has 0 spiro atoms. The van der Waals surface area contributed by atoms with Crippen LogP contribution in [-0.4, -0.2) is 6.54 Å². The number of hydrogen-bond acceptors (Lipinski definition) is 1. The lowest BCUT2D eigenvalue weighted by Gasteiger charge is -2.21. The van der Waals surface area contributed by atoms with Crippen LogP contribution in [-0.2, 0) is 6.42 Å². The zero-order valence-electron chi connectivity index (χ0n) is 7.88. The summed E-state index contributed by atoms with van der Waals surface area (Å²) < 4.78 is 0.